The van der Waals surface area contributed by atoms with Crippen LogP contribution in [0.15, 0.2) is 52.0 Å². The van der Waals surface area contributed by atoms with Crippen LogP contribution >= 0.6 is 0 Å². The van der Waals surface area contributed by atoms with Crippen LogP contribution in [0.4, 0.5) is 4.39 Å². The minimum atomic E-state index is -3.58. The average Bonchev–Trinajstić information content (AvgIpc) is 3.31. The van der Waals surface area contributed by atoms with Crippen molar-refractivity contribution in [1.82, 2.24) is 9.21 Å². The highest BCUT2D eigenvalue weighted by molar-refractivity contribution is 7.89. The van der Waals surface area contributed by atoms with Crippen LogP contribution in [0, 0.1) is 17.7 Å². The van der Waals surface area contributed by atoms with Crippen molar-refractivity contribution in [2.45, 2.75) is 36.7 Å². The lowest BCUT2D eigenvalue weighted by molar-refractivity contribution is 0.0999. The van der Waals surface area contributed by atoms with Crippen LogP contribution in [0.3, 0.4) is 0 Å². The second kappa shape index (κ2) is 7.37. The fourth-order valence-electron chi connectivity index (χ4n) is 4.66. The highest BCUT2D eigenvalue weighted by Gasteiger charge is 2.45. The number of benzene rings is 1. The van der Waals surface area contributed by atoms with Crippen molar-refractivity contribution >= 4 is 10.0 Å². The number of nitrogens with zero attached hydrogens (tertiary/aromatic N) is 2. The lowest BCUT2D eigenvalue weighted by Gasteiger charge is -2.38. The van der Waals surface area contributed by atoms with Gasteiger partial charge in [-0.1, -0.05) is 6.42 Å². The van der Waals surface area contributed by atoms with Crippen molar-refractivity contribution in [2.24, 2.45) is 11.8 Å². The molecular weight excluding hydrogens is 367 g/mol. The summed E-state index contributed by atoms with van der Waals surface area (Å²) in [5.74, 6) is 1.18. The summed E-state index contributed by atoms with van der Waals surface area (Å²) in [6.07, 6.45) is 4.92. The van der Waals surface area contributed by atoms with E-state index >= 15 is 0 Å². The molecule has 1 aromatic heterocycles. The van der Waals surface area contributed by atoms with Crippen LogP contribution < -0.4 is 0 Å². The Bertz CT molecular complexity index is 867. The third kappa shape index (κ3) is 3.68. The van der Waals surface area contributed by atoms with Gasteiger partial charge in [-0.25, -0.2) is 12.8 Å². The summed E-state index contributed by atoms with van der Waals surface area (Å²) in [4.78, 5) is 2.46. The van der Waals surface area contributed by atoms with Gasteiger partial charge in [-0.3, -0.25) is 4.90 Å². The van der Waals surface area contributed by atoms with E-state index in [-0.39, 0.29) is 4.90 Å². The highest BCUT2D eigenvalue weighted by Crippen LogP contribution is 2.40. The zero-order valence-corrected chi connectivity index (χ0v) is 16.2. The van der Waals surface area contributed by atoms with Crippen molar-refractivity contribution in [3.8, 4) is 0 Å². The molecule has 146 valence electrons. The molecule has 0 amide bonds. The molecule has 7 heteroatoms. The SMILES string of the molecule is CN(Cc1ccco1)C1CCCC2CN(S(=O)(=O)c3ccc(F)cc3)CC21. The second-order valence-electron chi connectivity index (χ2n) is 7.69. The van der Waals surface area contributed by atoms with Crippen LogP contribution in [0.25, 0.3) is 0 Å². The molecule has 2 aliphatic rings. The van der Waals surface area contributed by atoms with Crippen LogP contribution in [-0.2, 0) is 16.6 Å². The Kier molecular flexibility index (Phi) is 5.09. The molecule has 1 saturated carbocycles. The van der Waals surface area contributed by atoms with Crippen LogP contribution in [0.5, 0.6) is 0 Å². The molecule has 27 heavy (non-hydrogen) atoms. The van der Waals surface area contributed by atoms with E-state index in [1.54, 1.807) is 10.6 Å². The topological polar surface area (TPSA) is 53.8 Å². The zero-order chi connectivity index (χ0) is 19.0. The standard InChI is InChI=1S/C20H25FN2O3S/c1-22(13-17-5-3-11-26-17)20-6-2-4-15-12-23(14-19(15)20)27(24,25)18-9-7-16(21)8-10-18/h3,5,7-11,15,19-20H,2,4,6,12-14H2,1H3. The maximum atomic E-state index is 13.2. The fourth-order valence-corrected chi connectivity index (χ4v) is 6.20. The van der Waals surface area contributed by atoms with Crippen LogP contribution in [0.2, 0.25) is 0 Å². The van der Waals surface area contributed by atoms with Crippen molar-refractivity contribution < 1.29 is 17.2 Å². The summed E-state index contributed by atoms with van der Waals surface area (Å²) in [6, 6.07) is 9.31. The van der Waals surface area contributed by atoms with Crippen LogP contribution in [-0.4, -0.2) is 43.8 Å². The van der Waals surface area contributed by atoms with E-state index < -0.39 is 15.8 Å². The average molecular weight is 392 g/mol. The number of rotatable bonds is 5. The molecule has 2 heterocycles. The van der Waals surface area contributed by atoms with Gasteiger partial charge < -0.3 is 4.42 Å². The first-order chi connectivity index (χ1) is 12.9. The molecule has 2 fully saturated rings. The van der Waals surface area contributed by atoms with E-state index in [0.29, 0.717) is 31.0 Å². The van der Waals surface area contributed by atoms with Gasteiger partial charge in [-0.05, 0) is 68.1 Å². The van der Waals surface area contributed by atoms with E-state index in [0.717, 1.165) is 31.6 Å². The lowest BCUT2D eigenvalue weighted by atomic mass is 9.77. The van der Waals surface area contributed by atoms with Crippen molar-refractivity contribution in [2.75, 3.05) is 20.1 Å². The normalized spacial score (nSPS) is 26.4. The Morgan fingerprint density at radius 3 is 2.67 bits per heavy atom. The summed E-state index contributed by atoms with van der Waals surface area (Å²) in [6.45, 7) is 1.80. The maximum absolute atomic E-state index is 13.2. The van der Waals surface area contributed by atoms with Gasteiger partial charge in [0, 0.05) is 19.1 Å². The third-order valence-corrected chi connectivity index (χ3v) is 7.88. The van der Waals surface area contributed by atoms with Gasteiger partial charge in [-0.15, -0.1) is 0 Å². The molecule has 1 aliphatic carbocycles. The molecule has 3 atom stereocenters. The Hall–Kier alpha value is -1.70. The minimum Gasteiger partial charge on any atom is -0.468 e. The van der Waals surface area contributed by atoms with Gasteiger partial charge in [0.15, 0.2) is 0 Å². The minimum absolute atomic E-state index is 0.169. The van der Waals surface area contributed by atoms with Gasteiger partial charge in [0.25, 0.3) is 0 Å². The van der Waals surface area contributed by atoms with Crippen molar-refractivity contribution in [1.29, 1.82) is 0 Å². The molecule has 0 N–H and O–H groups in total. The molecule has 5 nitrogen and oxygen atoms in total. The molecule has 0 bridgehead atoms. The Labute approximate surface area is 159 Å². The monoisotopic (exact) mass is 392 g/mol. The Morgan fingerprint density at radius 1 is 1.19 bits per heavy atom. The molecule has 0 spiro atoms. The first-order valence-corrected chi connectivity index (χ1v) is 10.9. The number of halogens is 1. The summed E-state index contributed by atoms with van der Waals surface area (Å²) in [5, 5.41) is 0. The number of hydrogen-bond acceptors (Lipinski definition) is 4. The smallest absolute Gasteiger partial charge is 0.243 e. The van der Waals surface area contributed by atoms with Gasteiger partial charge in [-0.2, -0.15) is 4.31 Å². The number of sulfonamides is 1. The first-order valence-electron chi connectivity index (χ1n) is 9.43. The highest BCUT2D eigenvalue weighted by atomic mass is 32.2. The summed E-state index contributed by atoms with van der Waals surface area (Å²) >= 11 is 0. The number of hydrogen-bond donors (Lipinski definition) is 0. The third-order valence-electron chi connectivity index (χ3n) is 6.03. The molecule has 4 rings (SSSR count). The maximum Gasteiger partial charge on any atom is 0.243 e. The first kappa shape index (κ1) is 18.7. The van der Waals surface area contributed by atoms with Gasteiger partial charge in [0.1, 0.15) is 11.6 Å². The summed E-state index contributed by atoms with van der Waals surface area (Å²) < 4.78 is 46.2. The van der Waals surface area contributed by atoms with E-state index in [4.69, 9.17) is 4.42 Å². The molecule has 3 unspecified atom stereocenters. The van der Waals surface area contributed by atoms with E-state index in [1.165, 1.54) is 24.3 Å². The molecule has 0 radical (unpaired) electrons. The van der Waals surface area contributed by atoms with Gasteiger partial charge >= 0.3 is 0 Å². The van der Waals surface area contributed by atoms with Crippen molar-refractivity contribution in [3.05, 3.63) is 54.2 Å². The zero-order valence-electron chi connectivity index (χ0n) is 15.4. The van der Waals surface area contributed by atoms with Crippen molar-refractivity contribution in [3.63, 3.8) is 0 Å². The van der Waals surface area contributed by atoms with E-state index in [2.05, 4.69) is 11.9 Å². The summed E-state index contributed by atoms with van der Waals surface area (Å²) in [5.41, 5.74) is 0. The molecular formula is C20H25FN2O3S. The van der Waals surface area contributed by atoms with Crippen LogP contribution in [0.1, 0.15) is 25.0 Å². The number of furan rings is 1. The molecule has 1 aromatic carbocycles. The van der Waals surface area contributed by atoms with E-state index in [9.17, 15) is 12.8 Å². The molecule has 1 saturated heterocycles. The summed E-state index contributed by atoms with van der Waals surface area (Å²) in [7, 11) is -1.49. The van der Waals surface area contributed by atoms with Gasteiger partial charge in [0.05, 0.1) is 17.7 Å². The number of fused-ring (bicyclic) bond motifs is 1. The molecule has 1 aliphatic heterocycles. The fraction of sp³-hybridized carbons (Fsp3) is 0.500. The predicted molar refractivity (Wildman–Crippen MR) is 100.0 cm³/mol. The quantitative estimate of drug-likeness (QED) is 0.783. The Balaban J connectivity index is 1.51. The Morgan fingerprint density at radius 2 is 1.96 bits per heavy atom. The second-order valence-corrected chi connectivity index (χ2v) is 9.63. The predicted octanol–water partition coefficient (Wildman–Crippen LogP) is 3.34. The molecule has 2 aromatic rings. The van der Waals surface area contributed by atoms with Gasteiger partial charge in [0.2, 0.25) is 10.0 Å². The largest absolute Gasteiger partial charge is 0.468 e. The van der Waals surface area contributed by atoms with E-state index in [1.807, 2.05) is 12.1 Å². The lowest BCUT2D eigenvalue weighted by Crippen LogP contribution is -2.43.